The van der Waals surface area contributed by atoms with Crippen LogP contribution in [0.1, 0.15) is 12.0 Å². The molecule has 6 heteroatoms. The Balaban J connectivity index is 2.15. The molecule has 1 amide bonds. The van der Waals surface area contributed by atoms with Gasteiger partial charge in [0, 0.05) is 16.5 Å². The minimum Gasteiger partial charge on any atom is -0.480 e. The van der Waals surface area contributed by atoms with Crippen molar-refractivity contribution in [3.8, 4) is 0 Å². The van der Waals surface area contributed by atoms with Gasteiger partial charge in [-0.3, -0.25) is 4.79 Å². The van der Waals surface area contributed by atoms with Crippen LogP contribution in [-0.4, -0.2) is 45.7 Å². The average Bonchev–Trinajstić information content (AvgIpc) is 2.67. The lowest BCUT2D eigenvalue weighted by molar-refractivity contribution is -0.148. The highest BCUT2D eigenvalue weighted by Crippen LogP contribution is 2.18. The molecule has 2 atom stereocenters. The summed E-state index contributed by atoms with van der Waals surface area (Å²) in [6.45, 7) is 0.0974. The fourth-order valence-electron chi connectivity index (χ4n) is 2.19. The minimum atomic E-state index is -1.04. The lowest BCUT2D eigenvalue weighted by Crippen LogP contribution is -2.44. The first-order chi connectivity index (χ1) is 8.97. The lowest BCUT2D eigenvalue weighted by atomic mass is 10.1. The second-order valence-electron chi connectivity index (χ2n) is 4.59. The van der Waals surface area contributed by atoms with E-state index in [1.807, 2.05) is 24.3 Å². The molecule has 5 nitrogen and oxygen atoms in total. The summed E-state index contributed by atoms with van der Waals surface area (Å²) in [4.78, 5) is 24.3. The number of β-amino-alcohol motifs (C(OH)–C–C–N with tert-alkyl or cyclic N) is 1. The molecule has 0 radical (unpaired) electrons. The lowest BCUT2D eigenvalue weighted by Gasteiger charge is -2.24. The highest BCUT2D eigenvalue weighted by atomic mass is 127. The first kappa shape index (κ1) is 14.3. The summed E-state index contributed by atoms with van der Waals surface area (Å²) in [6, 6.07) is 6.60. The first-order valence-corrected chi connectivity index (χ1v) is 7.00. The fourth-order valence-corrected chi connectivity index (χ4v) is 2.55. The van der Waals surface area contributed by atoms with Gasteiger partial charge in [-0.15, -0.1) is 0 Å². The average molecular weight is 375 g/mol. The summed E-state index contributed by atoms with van der Waals surface area (Å²) in [6.07, 6.45) is -0.493. The van der Waals surface area contributed by atoms with Gasteiger partial charge in [0.05, 0.1) is 12.5 Å². The van der Waals surface area contributed by atoms with Gasteiger partial charge < -0.3 is 15.1 Å². The highest BCUT2D eigenvalue weighted by molar-refractivity contribution is 14.1. The Bertz CT molecular complexity index is 488. The first-order valence-electron chi connectivity index (χ1n) is 5.92. The van der Waals surface area contributed by atoms with Crippen LogP contribution in [0, 0.1) is 3.57 Å². The van der Waals surface area contributed by atoms with E-state index < -0.39 is 18.1 Å². The molecule has 1 heterocycles. The van der Waals surface area contributed by atoms with Crippen molar-refractivity contribution in [3.05, 3.63) is 33.4 Å². The van der Waals surface area contributed by atoms with Crippen LogP contribution in [0.25, 0.3) is 0 Å². The summed E-state index contributed by atoms with van der Waals surface area (Å²) in [5.74, 6) is -1.34. The van der Waals surface area contributed by atoms with Crippen LogP contribution in [-0.2, 0) is 16.0 Å². The Morgan fingerprint density at radius 1 is 1.42 bits per heavy atom. The van der Waals surface area contributed by atoms with Gasteiger partial charge in [0.2, 0.25) is 5.91 Å². The molecule has 1 saturated heterocycles. The van der Waals surface area contributed by atoms with Gasteiger partial charge in [0.1, 0.15) is 6.04 Å². The van der Waals surface area contributed by atoms with Gasteiger partial charge >= 0.3 is 5.97 Å². The second kappa shape index (κ2) is 5.87. The zero-order valence-corrected chi connectivity index (χ0v) is 12.3. The van der Waals surface area contributed by atoms with Crippen molar-refractivity contribution in [3.63, 3.8) is 0 Å². The fraction of sp³-hybridized carbons (Fsp3) is 0.385. The van der Waals surface area contributed by atoms with E-state index in [1.54, 1.807) is 0 Å². The van der Waals surface area contributed by atoms with Crippen molar-refractivity contribution in [2.24, 2.45) is 0 Å². The number of aliphatic hydroxyl groups excluding tert-OH is 1. The van der Waals surface area contributed by atoms with Crippen molar-refractivity contribution in [2.45, 2.75) is 25.0 Å². The van der Waals surface area contributed by atoms with Crippen molar-refractivity contribution >= 4 is 34.5 Å². The number of halogens is 1. The maximum Gasteiger partial charge on any atom is 0.326 e. The molecule has 1 aliphatic heterocycles. The number of benzene rings is 1. The molecule has 1 fully saturated rings. The molecule has 0 saturated carbocycles. The van der Waals surface area contributed by atoms with Gasteiger partial charge in [0.25, 0.3) is 0 Å². The number of likely N-dealkylation sites (tertiary alicyclic amines) is 1. The number of aliphatic hydroxyl groups is 1. The Labute approximate surface area is 124 Å². The Morgan fingerprint density at radius 3 is 2.53 bits per heavy atom. The third-order valence-corrected chi connectivity index (χ3v) is 3.86. The summed E-state index contributed by atoms with van der Waals surface area (Å²) in [5, 5.41) is 18.7. The molecule has 0 aromatic heterocycles. The summed E-state index contributed by atoms with van der Waals surface area (Å²) in [7, 11) is 0. The molecule has 0 spiro atoms. The number of carbonyl (C=O) groups is 2. The minimum absolute atomic E-state index is 0.0104. The maximum atomic E-state index is 11.7. The predicted octanol–water partition coefficient (Wildman–Crippen LogP) is 0.880. The summed E-state index contributed by atoms with van der Waals surface area (Å²) < 4.78 is 1.07. The maximum absolute atomic E-state index is 11.7. The van der Waals surface area contributed by atoms with Crippen molar-refractivity contribution < 1.29 is 19.8 Å². The van der Waals surface area contributed by atoms with Crippen LogP contribution < -0.4 is 0 Å². The molecule has 2 rings (SSSR count). The third kappa shape index (κ3) is 3.44. The van der Waals surface area contributed by atoms with Gasteiger partial charge in [-0.2, -0.15) is 0 Å². The van der Waals surface area contributed by atoms with Crippen molar-refractivity contribution in [1.82, 2.24) is 4.90 Å². The molecular weight excluding hydrogens is 361 g/mol. The molecule has 102 valence electrons. The molecule has 0 aliphatic carbocycles. The van der Waals surface area contributed by atoms with Gasteiger partial charge in [0.15, 0.2) is 0 Å². The smallest absolute Gasteiger partial charge is 0.326 e. The van der Waals surface area contributed by atoms with E-state index in [9.17, 15) is 19.8 Å². The number of aliphatic carboxylic acids is 1. The third-order valence-electron chi connectivity index (χ3n) is 3.14. The van der Waals surface area contributed by atoms with E-state index in [2.05, 4.69) is 22.6 Å². The monoisotopic (exact) mass is 375 g/mol. The van der Waals surface area contributed by atoms with Crippen molar-refractivity contribution in [1.29, 1.82) is 0 Å². The second-order valence-corrected chi connectivity index (χ2v) is 5.83. The Morgan fingerprint density at radius 2 is 2.05 bits per heavy atom. The molecule has 2 N–H and O–H groups in total. The molecule has 0 bridgehead atoms. The number of nitrogens with zero attached hydrogens (tertiary/aromatic N) is 1. The van der Waals surface area contributed by atoms with Crippen LogP contribution in [0.3, 0.4) is 0 Å². The topological polar surface area (TPSA) is 77.8 Å². The predicted molar refractivity (Wildman–Crippen MR) is 76.6 cm³/mol. The molecule has 1 aromatic carbocycles. The van der Waals surface area contributed by atoms with E-state index in [0.717, 1.165) is 9.13 Å². The van der Waals surface area contributed by atoms with E-state index >= 15 is 0 Å². The SMILES string of the molecule is O=C(O)C(Cc1ccc(I)cc1)N1CC(O)CC1=O. The molecule has 1 aliphatic rings. The number of hydrogen-bond donors (Lipinski definition) is 2. The van der Waals surface area contributed by atoms with Crippen LogP contribution in [0.5, 0.6) is 0 Å². The van der Waals surface area contributed by atoms with E-state index in [0.29, 0.717) is 0 Å². The van der Waals surface area contributed by atoms with Gasteiger partial charge in [-0.05, 0) is 40.3 Å². The number of rotatable bonds is 4. The van der Waals surface area contributed by atoms with E-state index in [-0.39, 0.29) is 25.3 Å². The van der Waals surface area contributed by atoms with Crippen LogP contribution in [0.2, 0.25) is 0 Å². The van der Waals surface area contributed by atoms with Crippen molar-refractivity contribution in [2.75, 3.05) is 6.54 Å². The zero-order chi connectivity index (χ0) is 14.0. The standard InChI is InChI=1S/C13H14INO4/c14-9-3-1-8(2-4-9)5-11(13(18)19)15-7-10(16)6-12(15)17/h1-4,10-11,16H,5-7H2,(H,18,19). The quantitative estimate of drug-likeness (QED) is 0.767. The number of amides is 1. The number of hydrogen-bond acceptors (Lipinski definition) is 3. The molecular formula is C13H14INO4. The van der Waals surface area contributed by atoms with E-state index in [1.165, 1.54) is 4.90 Å². The van der Waals surface area contributed by atoms with Gasteiger partial charge in [-0.1, -0.05) is 12.1 Å². The number of carbonyl (C=O) groups excluding carboxylic acids is 1. The number of carboxylic acid groups (broad SMARTS) is 1. The van der Waals surface area contributed by atoms with E-state index in [4.69, 9.17) is 0 Å². The van der Waals surface area contributed by atoms with Gasteiger partial charge in [-0.25, -0.2) is 4.79 Å². The Kier molecular flexibility index (Phi) is 4.41. The summed E-state index contributed by atoms with van der Waals surface area (Å²) >= 11 is 2.17. The molecule has 19 heavy (non-hydrogen) atoms. The Hall–Kier alpha value is -1.15. The van der Waals surface area contributed by atoms with Crippen LogP contribution >= 0.6 is 22.6 Å². The number of carboxylic acids is 1. The summed E-state index contributed by atoms with van der Waals surface area (Å²) in [5.41, 5.74) is 0.863. The highest BCUT2D eigenvalue weighted by Gasteiger charge is 2.36. The molecule has 2 unspecified atom stereocenters. The normalized spacial score (nSPS) is 20.6. The zero-order valence-electron chi connectivity index (χ0n) is 10.1. The molecule has 1 aromatic rings. The largest absolute Gasteiger partial charge is 0.480 e. The van der Waals surface area contributed by atoms with Crippen LogP contribution in [0.15, 0.2) is 24.3 Å². The van der Waals surface area contributed by atoms with Crippen LogP contribution in [0.4, 0.5) is 0 Å².